The third-order valence-electron chi connectivity index (χ3n) is 3.38. The summed E-state index contributed by atoms with van der Waals surface area (Å²) in [6.07, 6.45) is 4.94. The van der Waals surface area contributed by atoms with E-state index in [1.54, 1.807) is 6.07 Å². The second-order valence-electron chi connectivity index (χ2n) is 5.06. The Labute approximate surface area is 116 Å². The highest BCUT2D eigenvalue weighted by Gasteiger charge is 2.15. The van der Waals surface area contributed by atoms with E-state index in [9.17, 15) is 4.39 Å². The number of anilines is 1. The monoisotopic (exact) mass is 314 g/mol. The number of benzene rings is 1. The summed E-state index contributed by atoms with van der Waals surface area (Å²) in [4.78, 5) is 0. The van der Waals surface area contributed by atoms with E-state index in [0.29, 0.717) is 16.6 Å². The molecular weight excluding hydrogens is 295 g/mol. The molecule has 0 radical (unpaired) electrons. The summed E-state index contributed by atoms with van der Waals surface area (Å²) in [5.41, 5.74) is 0.846. The van der Waals surface area contributed by atoms with Gasteiger partial charge < -0.3 is 10.6 Å². The molecule has 2 nitrogen and oxygen atoms in total. The molecule has 0 spiro atoms. The molecule has 100 valence electrons. The minimum Gasteiger partial charge on any atom is -0.382 e. The lowest BCUT2D eigenvalue weighted by Gasteiger charge is -2.27. The average molecular weight is 315 g/mol. The number of piperidine rings is 1. The first-order valence-electron chi connectivity index (χ1n) is 6.60. The molecular formula is C14H20BrFN2. The van der Waals surface area contributed by atoms with Crippen LogP contribution in [0, 0.1) is 5.82 Å². The molecule has 4 heteroatoms. The highest BCUT2D eigenvalue weighted by Crippen LogP contribution is 2.21. The highest BCUT2D eigenvalue weighted by molar-refractivity contribution is 9.10. The van der Waals surface area contributed by atoms with Crippen LogP contribution in [0.4, 0.5) is 10.1 Å². The van der Waals surface area contributed by atoms with Gasteiger partial charge in [0.1, 0.15) is 5.82 Å². The number of rotatable bonds is 4. The van der Waals surface area contributed by atoms with E-state index in [-0.39, 0.29) is 5.82 Å². The maximum absolute atomic E-state index is 13.4. The topological polar surface area (TPSA) is 24.1 Å². The Morgan fingerprint density at radius 1 is 1.50 bits per heavy atom. The van der Waals surface area contributed by atoms with Crippen LogP contribution < -0.4 is 10.6 Å². The quantitative estimate of drug-likeness (QED) is 0.880. The molecule has 0 saturated carbocycles. The molecule has 2 atom stereocenters. The zero-order valence-corrected chi connectivity index (χ0v) is 12.3. The molecule has 1 heterocycles. The van der Waals surface area contributed by atoms with Crippen molar-refractivity contribution in [3.8, 4) is 0 Å². The fourth-order valence-corrected chi connectivity index (χ4v) is 2.73. The lowest BCUT2D eigenvalue weighted by molar-refractivity contribution is 0.371. The predicted octanol–water partition coefficient (Wildman–Crippen LogP) is 3.92. The number of hydrogen-bond donors (Lipinski definition) is 2. The van der Waals surface area contributed by atoms with E-state index in [4.69, 9.17) is 0 Å². The van der Waals surface area contributed by atoms with Gasteiger partial charge in [-0.1, -0.05) is 6.42 Å². The van der Waals surface area contributed by atoms with E-state index in [0.717, 1.165) is 18.7 Å². The molecule has 1 fully saturated rings. The Morgan fingerprint density at radius 2 is 2.33 bits per heavy atom. The molecule has 0 aromatic heterocycles. The standard InChI is InChI=1S/C14H20BrFN2/c1-10(8-11-4-2-3-7-17-11)18-12-5-6-13(15)14(16)9-12/h5-6,9-11,17-18H,2-4,7-8H2,1H3. The van der Waals surface area contributed by atoms with Gasteiger partial charge in [0.15, 0.2) is 0 Å². The Morgan fingerprint density at radius 3 is 3.00 bits per heavy atom. The van der Waals surface area contributed by atoms with Crippen LogP contribution in [-0.4, -0.2) is 18.6 Å². The second kappa shape index (κ2) is 6.53. The average Bonchev–Trinajstić information content (AvgIpc) is 2.35. The van der Waals surface area contributed by atoms with Gasteiger partial charge in [-0.15, -0.1) is 0 Å². The summed E-state index contributed by atoms with van der Waals surface area (Å²) in [6, 6.07) is 6.12. The predicted molar refractivity (Wildman–Crippen MR) is 77.4 cm³/mol. The largest absolute Gasteiger partial charge is 0.382 e. The molecule has 2 unspecified atom stereocenters. The molecule has 1 aliphatic rings. The van der Waals surface area contributed by atoms with Crippen LogP contribution >= 0.6 is 15.9 Å². The normalized spacial score (nSPS) is 21.6. The van der Waals surface area contributed by atoms with Crippen LogP contribution in [0.3, 0.4) is 0 Å². The summed E-state index contributed by atoms with van der Waals surface area (Å²) in [5.74, 6) is -0.219. The van der Waals surface area contributed by atoms with Gasteiger partial charge in [0, 0.05) is 17.8 Å². The Hall–Kier alpha value is -0.610. The maximum atomic E-state index is 13.4. The molecule has 1 aromatic rings. The zero-order chi connectivity index (χ0) is 13.0. The van der Waals surface area contributed by atoms with Crippen LogP contribution in [0.1, 0.15) is 32.6 Å². The van der Waals surface area contributed by atoms with Gasteiger partial charge in [0.05, 0.1) is 4.47 Å². The van der Waals surface area contributed by atoms with Crippen molar-refractivity contribution in [3.63, 3.8) is 0 Å². The molecule has 2 N–H and O–H groups in total. The summed E-state index contributed by atoms with van der Waals surface area (Å²) < 4.78 is 13.9. The van der Waals surface area contributed by atoms with Gasteiger partial charge in [-0.05, 0) is 66.9 Å². The molecule has 0 amide bonds. The second-order valence-corrected chi connectivity index (χ2v) is 5.91. The molecule has 0 bridgehead atoms. The fraction of sp³-hybridized carbons (Fsp3) is 0.571. The van der Waals surface area contributed by atoms with Crippen molar-refractivity contribution in [1.29, 1.82) is 0 Å². The van der Waals surface area contributed by atoms with Crippen molar-refractivity contribution in [2.75, 3.05) is 11.9 Å². The Kier molecular flexibility index (Phi) is 5.01. The van der Waals surface area contributed by atoms with Crippen LogP contribution in [0.25, 0.3) is 0 Å². The van der Waals surface area contributed by atoms with Gasteiger partial charge in [0.2, 0.25) is 0 Å². The van der Waals surface area contributed by atoms with E-state index in [1.807, 2.05) is 6.07 Å². The summed E-state index contributed by atoms with van der Waals surface area (Å²) in [5, 5.41) is 6.89. The van der Waals surface area contributed by atoms with Crippen molar-refractivity contribution < 1.29 is 4.39 Å². The minimum absolute atomic E-state index is 0.219. The fourth-order valence-electron chi connectivity index (χ4n) is 2.48. The lowest BCUT2D eigenvalue weighted by Crippen LogP contribution is -2.37. The maximum Gasteiger partial charge on any atom is 0.139 e. The van der Waals surface area contributed by atoms with Crippen molar-refractivity contribution in [2.45, 2.75) is 44.7 Å². The smallest absolute Gasteiger partial charge is 0.139 e. The van der Waals surface area contributed by atoms with Crippen molar-refractivity contribution in [2.24, 2.45) is 0 Å². The van der Waals surface area contributed by atoms with E-state index >= 15 is 0 Å². The zero-order valence-electron chi connectivity index (χ0n) is 10.7. The first kappa shape index (κ1) is 13.8. The van der Waals surface area contributed by atoms with Gasteiger partial charge in [-0.2, -0.15) is 0 Å². The first-order chi connectivity index (χ1) is 8.65. The van der Waals surface area contributed by atoms with Gasteiger partial charge in [-0.3, -0.25) is 0 Å². The Balaban J connectivity index is 1.85. The van der Waals surface area contributed by atoms with Crippen LogP contribution in [0.15, 0.2) is 22.7 Å². The Bertz CT molecular complexity index is 391. The molecule has 1 aliphatic heterocycles. The minimum atomic E-state index is -0.219. The van der Waals surface area contributed by atoms with Crippen molar-refractivity contribution in [1.82, 2.24) is 5.32 Å². The van der Waals surface area contributed by atoms with Crippen LogP contribution in [0.2, 0.25) is 0 Å². The molecule has 1 aromatic carbocycles. The van der Waals surface area contributed by atoms with Crippen molar-refractivity contribution in [3.05, 3.63) is 28.5 Å². The summed E-state index contributed by atoms with van der Waals surface area (Å²) >= 11 is 3.16. The molecule has 0 aliphatic carbocycles. The van der Waals surface area contributed by atoms with Crippen LogP contribution in [0.5, 0.6) is 0 Å². The van der Waals surface area contributed by atoms with Gasteiger partial charge in [0.25, 0.3) is 0 Å². The summed E-state index contributed by atoms with van der Waals surface area (Å²) in [7, 11) is 0. The van der Waals surface area contributed by atoms with E-state index in [1.165, 1.54) is 25.3 Å². The van der Waals surface area contributed by atoms with E-state index < -0.39 is 0 Å². The van der Waals surface area contributed by atoms with E-state index in [2.05, 4.69) is 33.5 Å². The molecule has 2 rings (SSSR count). The van der Waals surface area contributed by atoms with Gasteiger partial charge in [-0.25, -0.2) is 4.39 Å². The molecule has 18 heavy (non-hydrogen) atoms. The first-order valence-corrected chi connectivity index (χ1v) is 7.39. The number of hydrogen-bond acceptors (Lipinski definition) is 2. The number of nitrogens with one attached hydrogen (secondary N) is 2. The van der Waals surface area contributed by atoms with Crippen LogP contribution in [-0.2, 0) is 0 Å². The third kappa shape index (κ3) is 3.95. The SMILES string of the molecule is CC(CC1CCCCN1)Nc1ccc(Br)c(F)c1. The molecule has 1 saturated heterocycles. The van der Waals surface area contributed by atoms with Gasteiger partial charge >= 0.3 is 0 Å². The summed E-state index contributed by atoms with van der Waals surface area (Å²) in [6.45, 7) is 3.28. The highest BCUT2D eigenvalue weighted by atomic mass is 79.9. The van der Waals surface area contributed by atoms with Crippen molar-refractivity contribution >= 4 is 21.6 Å². The number of halogens is 2. The third-order valence-corrected chi connectivity index (χ3v) is 4.03. The lowest BCUT2D eigenvalue weighted by atomic mass is 9.99.